The number of nitrogens with one attached hydrogen (secondary N) is 1. The van der Waals surface area contributed by atoms with Crippen molar-refractivity contribution in [2.45, 2.75) is 41.5 Å². The van der Waals surface area contributed by atoms with Crippen LogP contribution in [0.5, 0.6) is 0 Å². The quantitative estimate of drug-likeness (QED) is 0.893. The summed E-state index contributed by atoms with van der Waals surface area (Å²) >= 11 is 0. The van der Waals surface area contributed by atoms with Gasteiger partial charge in [0.05, 0.1) is 0 Å². The van der Waals surface area contributed by atoms with Gasteiger partial charge in [-0.3, -0.25) is 0 Å². The molecule has 1 N–H and O–H groups in total. The molecule has 0 saturated heterocycles. The molecule has 2 aromatic rings. The molecule has 0 radical (unpaired) electrons. The van der Waals surface area contributed by atoms with Gasteiger partial charge in [-0.1, -0.05) is 17.7 Å². The summed E-state index contributed by atoms with van der Waals surface area (Å²) in [5.41, 5.74) is 4.88. The lowest BCUT2D eigenvalue weighted by molar-refractivity contribution is 0.835. The highest BCUT2D eigenvalue weighted by molar-refractivity contribution is 5.66. The van der Waals surface area contributed by atoms with Crippen LogP contribution in [-0.4, -0.2) is 23.1 Å². The summed E-state index contributed by atoms with van der Waals surface area (Å²) in [5.74, 6) is 2.61. The molecule has 0 bridgehead atoms. The number of aryl methyl sites for hydroxylation is 4. The third-order valence-electron chi connectivity index (χ3n) is 3.84. The predicted molar refractivity (Wildman–Crippen MR) is 94.3 cm³/mol. The van der Waals surface area contributed by atoms with E-state index in [-0.39, 0.29) is 0 Å². The summed E-state index contributed by atoms with van der Waals surface area (Å²) in [4.78, 5) is 11.3. The molecule has 22 heavy (non-hydrogen) atoms. The first-order valence-corrected chi connectivity index (χ1v) is 7.90. The van der Waals surface area contributed by atoms with Crippen LogP contribution in [0.25, 0.3) is 0 Å². The Morgan fingerprint density at radius 3 is 2.05 bits per heavy atom. The third kappa shape index (κ3) is 3.56. The average Bonchev–Trinajstić information content (AvgIpc) is 2.43. The zero-order valence-electron chi connectivity index (χ0n) is 14.5. The van der Waals surface area contributed by atoms with Crippen LogP contribution in [0.1, 0.15) is 36.4 Å². The predicted octanol–water partition coefficient (Wildman–Crippen LogP) is 4.30. The van der Waals surface area contributed by atoms with E-state index in [9.17, 15) is 0 Å². The molecule has 0 aliphatic heterocycles. The van der Waals surface area contributed by atoms with E-state index in [0.29, 0.717) is 0 Å². The SMILES string of the molecule is CCN(CC)c1cc(Nc2c(C)cc(C)cc2C)nc(C)n1. The highest BCUT2D eigenvalue weighted by Crippen LogP contribution is 2.26. The first kappa shape index (κ1) is 16.3. The Morgan fingerprint density at radius 2 is 1.50 bits per heavy atom. The third-order valence-corrected chi connectivity index (χ3v) is 3.84. The van der Waals surface area contributed by atoms with Crippen LogP contribution >= 0.6 is 0 Å². The highest BCUT2D eigenvalue weighted by atomic mass is 15.2. The maximum absolute atomic E-state index is 4.55. The van der Waals surface area contributed by atoms with E-state index in [1.54, 1.807) is 0 Å². The van der Waals surface area contributed by atoms with Gasteiger partial charge >= 0.3 is 0 Å². The van der Waals surface area contributed by atoms with Crippen molar-refractivity contribution < 1.29 is 0 Å². The molecular formula is C18H26N4. The molecule has 4 nitrogen and oxygen atoms in total. The Balaban J connectivity index is 2.38. The van der Waals surface area contributed by atoms with E-state index < -0.39 is 0 Å². The van der Waals surface area contributed by atoms with Crippen molar-refractivity contribution in [3.8, 4) is 0 Å². The topological polar surface area (TPSA) is 41.0 Å². The summed E-state index contributed by atoms with van der Waals surface area (Å²) in [6, 6.07) is 6.40. The molecule has 1 aromatic carbocycles. The maximum atomic E-state index is 4.55. The summed E-state index contributed by atoms with van der Waals surface area (Å²) in [6.07, 6.45) is 0. The van der Waals surface area contributed by atoms with Crippen molar-refractivity contribution in [1.82, 2.24) is 9.97 Å². The Morgan fingerprint density at radius 1 is 0.909 bits per heavy atom. The lowest BCUT2D eigenvalue weighted by Gasteiger charge is -2.21. The van der Waals surface area contributed by atoms with Gasteiger partial charge in [-0.05, 0) is 52.7 Å². The minimum absolute atomic E-state index is 0.786. The van der Waals surface area contributed by atoms with Crippen LogP contribution in [0, 0.1) is 27.7 Å². The summed E-state index contributed by atoms with van der Waals surface area (Å²) in [7, 11) is 0. The van der Waals surface area contributed by atoms with Crippen LogP contribution < -0.4 is 10.2 Å². The van der Waals surface area contributed by atoms with Crippen molar-refractivity contribution in [1.29, 1.82) is 0 Å². The van der Waals surface area contributed by atoms with E-state index >= 15 is 0 Å². The minimum atomic E-state index is 0.786. The molecule has 0 fully saturated rings. The minimum Gasteiger partial charge on any atom is -0.357 e. The van der Waals surface area contributed by atoms with Gasteiger partial charge in [0.2, 0.25) is 0 Å². The van der Waals surface area contributed by atoms with Gasteiger partial charge in [0.25, 0.3) is 0 Å². The molecule has 0 saturated carbocycles. The van der Waals surface area contributed by atoms with Gasteiger partial charge in [-0.2, -0.15) is 0 Å². The van der Waals surface area contributed by atoms with Crippen LogP contribution in [0.2, 0.25) is 0 Å². The van der Waals surface area contributed by atoms with Crippen molar-refractivity contribution in [3.05, 3.63) is 40.7 Å². The van der Waals surface area contributed by atoms with Crippen molar-refractivity contribution in [2.75, 3.05) is 23.3 Å². The highest BCUT2D eigenvalue weighted by Gasteiger charge is 2.10. The molecule has 0 spiro atoms. The smallest absolute Gasteiger partial charge is 0.136 e. The van der Waals surface area contributed by atoms with Crippen LogP contribution in [-0.2, 0) is 0 Å². The van der Waals surface area contributed by atoms with Crippen molar-refractivity contribution in [2.24, 2.45) is 0 Å². The molecular weight excluding hydrogens is 272 g/mol. The van der Waals surface area contributed by atoms with Gasteiger partial charge in [0.1, 0.15) is 17.5 Å². The van der Waals surface area contributed by atoms with Gasteiger partial charge in [-0.25, -0.2) is 9.97 Å². The van der Waals surface area contributed by atoms with Gasteiger partial charge in [0.15, 0.2) is 0 Å². The summed E-state index contributed by atoms with van der Waals surface area (Å²) in [6.45, 7) is 14.5. The molecule has 0 amide bonds. The fourth-order valence-electron chi connectivity index (χ4n) is 2.83. The molecule has 118 valence electrons. The summed E-state index contributed by atoms with van der Waals surface area (Å²) < 4.78 is 0. The zero-order chi connectivity index (χ0) is 16.3. The fourth-order valence-corrected chi connectivity index (χ4v) is 2.83. The second kappa shape index (κ2) is 6.77. The molecule has 0 atom stereocenters. The summed E-state index contributed by atoms with van der Waals surface area (Å²) in [5, 5.41) is 3.47. The van der Waals surface area contributed by atoms with Crippen molar-refractivity contribution >= 4 is 17.3 Å². The Bertz CT molecular complexity index is 637. The zero-order valence-corrected chi connectivity index (χ0v) is 14.5. The first-order valence-electron chi connectivity index (χ1n) is 7.90. The fraction of sp³-hybridized carbons (Fsp3) is 0.444. The monoisotopic (exact) mass is 298 g/mol. The second-order valence-corrected chi connectivity index (χ2v) is 5.73. The lowest BCUT2D eigenvalue weighted by Crippen LogP contribution is -2.23. The molecule has 0 aliphatic carbocycles. The normalized spacial score (nSPS) is 10.6. The van der Waals surface area contributed by atoms with E-state index in [2.05, 4.69) is 66.9 Å². The second-order valence-electron chi connectivity index (χ2n) is 5.73. The molecule has 4 heteroatoms. The number of aromatic nitrogens is 2. The average molecular weight is 298 g/mol. The lowest BCUT2D eigenvalue weighted by atomic mass is 10.1. The molecule has 0 unspecified atom stereocenters. The first-order chi connectivity index (χ1) is 10.4. The molecule has 0 aliphatic rings. The molecule has 1 heterocycles. The van der Waals surface area contributed by atoms with Gasteiger partial charge in [0, 0.05) is 24.8 Å². The van der Waals surface area contributed by atoms with E-state index in [1.165, 1.54) is 16.7 Å². The number of rotatable bonds is 5. The standard InChI is InChI=1S/C18H26N4/c1-7-22(8-2)17-11-16(19-15(6)20-17)21-18-13(4)9-12(3)10-14(18)5/h9-11H,7-8H2,1-6H3,(H,19,20,21). The largest absolute Gasteiger partial charge is 0.357 e. The van der Waals surface area contributed by atoms with Gasteiger partial charge in [-0.15, -0.1) is 0 Å². The number of hydrogen-bond acceptors (Lipinski definition) is 4. The van der Waals surface area contributed by atoms with E-state index in [0.717, 1.165) is 36.2 Å². The Kier molecular flexibility index (Phi) is 5.01. The number of hydrogen-bond donors (Lipinski definition) is 1. The van der Waals surface area contributed by atoms with Crippen LogP contribution in [0.3, 0.4) is 0 Å². The van der Waals surface area contributed by atoms with Crippen LogP contribution in [0.15, 0.2) is 18.2 Å². The number of anilines is 3. The molecule has 1 aromatic heterocycles. The van der Waals surface area contributed by atoms with Crippen molar-refractivity contribution in [3.63, 3.8) is 0 Å². The van der Waals surface area contributed by atoms with Crippen LogP contribution in [0.4, 0.5) is 17.3 Å². The Hall–Kier alpha value is -2.10. The van der Waals surface area contributed by atoms with E-state index in [4.69, 9.17) is 0 Å². The van der Waals surface area contributed by atoms with E-state index in [1.807, 2.05) is 13.0 Å². The Labute approximate surface area is 133 Å². The maximum Gasteiger partial charge on any atom is 0.136 e. The number of nitrogens with zero attached hydrogens (tertiary/aromatic N) is 3. The van der Waals surface area contributed by atoms with Gasteiger partial charge < -0.3 is 10.2 Å². The molecule has 2 rings (SSSR count). The number of benzene rings is 1.